The molecule has 0 spiro atoms. The summed E-state index contributed by atoms with van der Waals surface area (Å²) < 4.78 is 0. The van der Waals surface area contributed by atoms with E-state index in [0.29, 0.717) is 22.3 Å². The molecule has 2 aromatic rings. The highest BCUT2D eigenvalue weighted by molar-refractivity contribution is 6.30. The molecule has 0 fully saturated rings. The summed E-state index contributed by atoms with van der Waals surface area (Å²) in [5.74, 6) is -0.117. The molecule has 3 rings (SSSR count). The van der Waals surface area contributed by atoms with Crippen molar-refractivity contribution in [2.24, 2.45) is 0 Å². The van der Waals surface area contributed by atoms with Gasteiger partial charge in [-0.15, -0.1) is 0 Å². The van der Waals surface area contributed by atoms with Crippen LogP contribution in [0.15, 0.2) is 36.4 Å². The Labute approximate surface area is 136 Å². The van der Waals surface area contributed by atoms with E-state index < -0.39 is 0 Å². The Kier molecular flexibility index (Phi) is 3.40. The largest absolute Gasteiger partial charge is 0.377 e. The summed E-state index contributed by atoms with van der Waals surface area (Å²) in [6.45, 7) is 6.18. The van der Waals surface area contributed by atoms with E-state index in [-0.39, 0.29) is 17.0 Å². The third-order valence-electron chi connectivity index (χ3n) is 4.34. The molecule has 118 valence electrons. The molecule has 0 radical (unpaired) electrons. The van der Waals surface area contributed by atoms with Crippen molar-refractivity contribution in [2.75, 3.05) is 19.0 Å². The van der Waals surface area contributed by atoms with Crippen LogP contribution in [0.3, 0.4) is 0 Å². The average molecular weight is 307 g/mol. The Hall–Kier alpha value is -2.42. The first-order chi connectivity index (χ1) is 10.7. The van der Waals surface area contributed by atoms with E-state index >= 15 is 0 Å². The van der Waals surface area contributed by atoms with Crippen molar-refractivity contribution in [1.82, 2.24) is 0 Å². The van der Waals surface area contributed by atoms with E-state index in [1.165, 1.54) is 0 Å². The standard InChI is InChI=1S/C20H21NO2/c1-20(2,3)14-10-6-8-12-16(14)18(22)13-9-7-11-15(21(4)5)17(13)19(12)23/h6-11H,1-5H3. The summed E-state index contributed by atoms with van der Waals surface area (Å²) in [7, 11) is 3.77. The Morgan fingerprint density at radius 3 is 1.87 bits per heavy atom. The highest BCUT2D eigenvalue weighted by atomic mass is 16.1. The molecule has 3 heteroatoms. The van der Waals surface area contributed by atoms with E-state index in [9.17, 15) is 9.59 Å². The maximum Gasteiger partial charge on any atom is 0.196 e. The molecule has 0 bridgehead atoms. The number of fused-ring (bicyclic) bond motifs is 2. The zero-order valence-corrected chi connectivity index (χ0v) is 14.2. The first kappa shape index (κ1) is 15.5. The first-order valence-corrected chi connectivity index (χ1v) is 7.76. The first-order valence-electron chi connectivity index (χ1n) is 7.76. The number of benzene rings is 2. The molecule has 1 aliphatic carbocycles. The van der Waals surface area contributed by atoms with Crippen molar-refractivity contribution in [3.8, 4) is 0 Å². The van der Waals surface area contributed by atoms with Gasteiger partial charge in [0.2, 0.25) is 0 Å². The van der Waals surface area contributed by atoms with Gasteiger partial charge >= 0.3 is 0 Å². The molecule has 0 N–H and O–H groups in total. The molecule has 2 aromatic carbocycles. The highest BCUT2D eigenvalue weighted by Gasteiger charge is 2.35. The molecule has 0 aromatic heterocycles. The molecule has 1 aliphatic rings. The normalized spacial score (nSPS) is 13.6. The van der Waals surface area contributed by atoms with Crippen molar-refractivity contribution in [2.45, 2.75) is 26.2 Å². The summed E-state index contributed by atoms with van der Waals surface area (Å²) in [4.78, 5) is 28.1. The third-order valence-corrected chi connectivity index (χ3v) is 4.34. The van der Waals surface area contributed by atoms with Crippen LogP contribution < -0.4 is 4.90 Å². The SMILES string of the molecule is CN(C)c1cccc2c1C(=O)c1cccc(C(C)(C)C)c1C2=O. The summed E-state index contributed by atoms with van der Waals surface area (Å²) >= 11 is 0. The molecule has 0 unspecified atom stereocenters. The van der Waals surface area contributed by atoms with Gasteiger partial charge in [0.05, 0.1) is 5.56 Å². The monoisotopic (exact) mass is 307 g/mol. The number of rotatable bonds is 1. The lowest BCUT2D eigenvalue weighted by molar-refractivity contribution is 0.0978. The number of ketones is 2. The number of hydrogen-bond acceptors (Lipinski definition) is 3. The van der Waals surface area contributed by atoms with Crippen molar-refractivity contribution in [3.05, 3.63) is 64.2 Å². The molecule has 0 saturated carbocycles. The van der Waals surface area contributed by atoms with Crippen molar-refractivity contribution >= 4 is 17.3 Å². The van der Waals surface area contributed by atoms with Crippen LogP contribution in [-0.2, 0) is 5.41 Å². The lowest BCUT2D eigenvalue weighted by Gasteiger charge is -2.28. The maximum absolute atomic E-state index is 13.1. The lowest BCUT2D eigenvalue weighted by atomic mass is 9.75. The Bertz CT molecular complexity index is 826. The van der Waals surface area contributed by atoms with Crippen LogP contribution in [-0.4, -0.2) is 25.7 Å². The van der Waals surface area contributed by atoms with Gasteiger partial charge in [0.25, 0.3) is 0 Å². The molecule has 0 heterocycles. The topological polar surface area (TPSA) is 37.4 Å². The minimum atomic E-state index is -0.196. The van der Waals surface area contributed by atoms with Crippen molar-refractivity contribution in [1.29, 1.82) is 0 Å². The van der Waals surface area contributed by atoms with E-state index in [1.807, 2.05) is 43.3 Å². The van der Waals surface area contributed by atoms with Crippen LogP contribution in [0, 0.1) is 0 Å². The molecular formula is C20H21NO2. The zero-order chi connectivity index (χ0) is 16.9. The molecule has 0 amide bonds. The quantitative estimate of drug-likeness (QED) is 0.686. The fourth-order valence-corrected chi connectivity index (χ4v) is 3.22. The fourth-order valence-electron chi connectivity index (χ4n) is 3.22. The minimum Gasteiger partial charge on any atom is -0.377 e. The van der Waals surface area contributed by atoms with Crippen LogP contribution in [0.25, 0.3) is 0 Å². The van der Waals surface area contributed by atoms with E-state index in [4.69, 9.17) is 0 Å². The van der Waals surface area contributed by atoms with Crippen LogP contribution in [0.1, 0.15) is 58.2 Å². The van der Waals surface area contributed by atoms with Gasteiger partial charge in [-0.2, -0.15) is 0 Å². The van der Waals surface area contributed by atoms with E-state index in [1.54, 1.807) is 12.1 Å². The third kappa shape index (κ3) is 2.27. The van der Waals surface area contributed by atoms with Gasteiger partial charge in [-0.3, -0.25) is 9.59 Å². The van der Waals surface area contributed by atoms with Gasteiger partial charge in [-0.05, 0) is 17.0 Å². The fraction of sp³-hybridized carbons (Fsp3) is 0.300. The average Bonchev–Trinajstić information content (AvgIpc) is 2.50. The predicted octanol–water partition coefficient (Wildman–Crippen LogP) is 3.83. The number of carbonyl (C=O) groups is 2. The van der Waals surface area contributed by atoms with E-state index in [0.717, 1.165) is 11.3 Å². The predicted molar refractivity (Wildman–Crippen MR) is 92.8 cm³/mol. The number of hydrogen-bond donors (Lipinski definition) is 0. The Morgan fingerprint density at radius 1 is 0.783 bits per heavy atom. The second-order valence-electron chi connectivity index (χ2n) is 7.23. The van der Waals surface area contributed by atoms with Crippen LogP contribution in [0.5, 0.6) is 0 Å². The minimum absolute atomic E-state index is 0.0520. The molecule has 0 atom stereocenters. The number of nitrogens with zero attached hydrogens (tertiary/aromatic N) is 1. The molecule has 0 saturated heterocycles. The van der Waals surface area contributed by atoms with Gasteiger partial charge in [-0.25, -0.2) is 0 Å². The Balaban J connectivity index is 2.34. The van der Waals surface area contributed by atoms with Gasteiger partial charge in [0.15, 0.2) is 11.6 Å². The summed E-state index contributed by atoms with van der Waals surface area (Å²) in [6.07, 6.45) is 0. The van der Waals surface area contributed by atoms with Crippen LogP contribution in [0.4, 0.5) is 5.69 Å². The van der Waals surface area contributed by atoms with Gasteiger partial charge in [0.1, 0.15) is 0 Å². The van der Waals surface area contributed by atoms with E-state index in [2.05, 4.69) is 20.8 Å². The zero-order valence-electron chi connectivity index (χ0n) is 14.2. The molecule has 3 nitrogen and oxygen atoms in total. The molecular weight excluding hydrogens is 286 g/mol. The van der Waals surface area contributed by atoms with Gasteiger partial charge in [-0.1, -0.05) is 51.1 Å². The number of anilines is 1. The van der Waals surface area contributed by atoms with Gasteiger partial charge in [0, 0.05) is 36.5 Å². The van der Waals surface area contributed by atoms with Crippen LogP contribution >= 0.6 is 0 Å². The summed E-state index contributed by atoms with van der Waals surface area (Å²) in [5, 5.41) is 0. The lowest BCUT2D eigenvalue weighted by Crippen LogP contribution is -2.28. The molecule has 0 aliphatic heterocycles. The second kappa shape index (κ2) is 5.05. The highest BCUT2D eigenvalue weighted by Crippen LogP contribution is 2.37. The maximum atomic E-state index is 13.1. The second-order valence-corrected chi connectivity index (χ2v) is 7.23. The Morgan fingerprint density at radius 2 is 1.30 bits per heavy atom. The summed E-state index contributed by atoms with van der Waals surface area (Å²) in [5.41, 5.74) is 3.61. The number of carbonyl (C=O) groups excluding carboxylic acids is 2. The van der Waals surface area contributed by atoms with Crippen molar-refractivity contribution in [3.63, 3.8) is 0 Å². The smallest absolute Gasteiger partial charge is 0.196 e. The summed E-state index contributed by atoms with van der Waals surface area (Å²) in [6, 6.07) is 11.1. The molecule has 23 heavy (non-hydrogen) atoms. The van der Waals surface area contributed by atoms with Gasteiger partial charge < -0.3 is 4.90 Å². The van der Waals surface area contributed by atoms with Crippen molar-refractivity contribution < 1.29 is 9.59 Å². The van der Waals surface area contributed by atoms with Crippen LogP contribution in [0.2, 0.25) is 0 Å².